The lowest BCUT2D eigenvalue weighted by Gasteiger charge is -2.27. The molecule has 0 radical (unpaired) electrons. The van der Waals surface area contributed by atoms with Gasteiger partial charge < -0.3 is 20.7 Å². The van der Waals surface area contributed by atoms with E-state index in [2.05, 4.69) is 43.2 Å². The highest BCUT2D eigenvalue weighted by molar-refractivity contribution is 6.34. The summed E-state index contributed by atoms with van der Waals surface area (Å²) in [5.41, 5.74) is 2.54. The van der Waals surface area contributed by atoms with Crippen molar-refractivity contribution in [3.63, 3.8) is 0 Å². The lowest BCUT2D eigenvalue weighted by Crippen LogP contribution is -2.45. The van der Waals surface area contributed by atoms with Gasteiger partial charge in [0.25, 0.3) is 0 Å². The van der Waals surface area contributed by atoms with E-state index in [4.69, 9.17) is 16.3 Å². The minimum absolute atomic E-state index is 0.244. The third-order valence-electron chi connectivity index (χ3n) is 5.14. The van der Waals surface area contributed by atoms with Gasteiger partial charge in [-0.15, -0.1) is 5.10 Å². The molecule has 11 heteroatoms. The van der Waals surface area contributed by atoms with Gasteiger partial charge in [-0.3, -0.25) is 0 Å². The quantitative estimate of drug-likeness (QED) is 0.510. The Hall–Kier alpha value is -3.44. The van der Waals surface area contributed by atoms with E-state index in [1.165, 1.54) is 10.7 Å². The molecule has 1 aliphatic carbocycles. The van der Waals surface area contributed by atoms with Crippen LogP contribution in [0.15, 0.2) is 18.3 Å². The molecule has 1 saturated carbocycles. The zero-order valence-electron chi connectivity index (χ0n) is 16.4. The van der Waals surface area contributed by atoms with E-state index >= 15 is 0 Å². The van der Waals surface area contributed by atoms with E-state index < -0.39 is 0 Å². The largest absolute Gasteiger partial charge is 0.378 e. The lowest BCUT2D eigenvalue weighted by molar-refractivity contribution is -0.00578. The molecule has 3 heterocycles. The van der Waals surface area contributed by atoms with Crippen molar-refractivity contribution in [1.29, 1.82) is 10.5 Å². The van der Waals surface area contributed by atoms with Crippen molar-refractivity contribution < 1.29 is 4.74 Å². The number of ether oxygens (including phenoxy) is 1. The number of imidazole rings is 1. The molecule has 0 atom stereocenters. The van der Waals surface area contributed by atoms with Gasteiger partial charge >= 0.3 is 0 Å². The molecule has 1 saturated heterocycles. The fourth-order valence-corrected chi connectivity index (χ4v) is 3.45. The molecule has 0 amide bonds. The van der Waals surface area contributed by atoms with Crippen LogP contribution in [-0.2, 0) is 11.3 Å². The molecule has 31 heavy (non-hydrogen) atoms. The third kappa shape index (κ3) is 3.97. The molecule has 10 nitrogen and oxygen atoms in total. The van der Waals surface area contributed by atoms with Crippen LogP contribution >= 0.6 is 11.6 Å². The van der Waals surface area contributed by atoms with Crippen LogP contribution in [0, 0.1) is 22.7 Å². The fraction of sp³-hybridized carbons (Fsp3) is 0.350. The lowest BCUT2D eigenvalue weighted by atomic mass is 10.1. The Morgan fingerprint density at radius 3 is 2.71 bits per heavy atom. The average molecular weight is 436 g/mol. The Kier molecular flexibility index (Phi) is 5.04. The van der Waals surface area contributed by atoms with Crippen molar-refractivity contribution in [1.82, 2.24) is 24.9 Å². The van der Waals surface area contributed by atoms with Crippen LogP contribution in [0.4, 0.5) is 17.5 Å². The summed E-state index contributed by atoms with van der Waals surface area (Å²) in [5.74, 6) is 0.786. The number of nitrogens with one attached hydrogen (secondary N) is 3. The Morgan fingerprint density at radius 1 is 1.19 bits per heavy atom. The second-order valence-corrected chi connectivity index (χ2v) is 7.92. The fourth-order valence-electron chi connectivity index (χ4n) is 3.23. The van der Waals surface area contributed by atoms with Gasteiger partial charge in [0.15, 0.2) is 17.2 Å². The number of halogens is 1. The molecule has 2 aromatic heterocycles. The number of hydrogen-bond acceptors (Lipinski definition) is 9. The van der Waals surface area contributed by atoms with Crippen LogP contribution in [0.25, 0.3) is 5.65 Å². The molecule has 0 bridgehead atoms. The van der Waals surface area contributed by atoms with E-state index in [0.717, 1.165) is 18.4 Å². The molecule has 3 aromatic rings. The smallest absolute Gasteiger partial charge is 0.247 e. The second kappa shape index (κ2) is 8.00. The zero-order valence-corrected chi connectivity index (χ0v) is 17.1. The molecule has 2 fully saturated rings. The van der Waals surface area contributed by atoms with Gasteiger partial charge in [0, 0.05) is 12.6 Å². The second-order valence-electron chi connectivity index (χ2n) is 7.54. The first-order chi connectivity index (χ1) is 15.1. The summed E-state index contributed by atoms with van der Waals surface area (Å²) < 4.78 is 6.62. The van der Waals surface area contributed by atoms with Crippen molar-refractivity contribution in [2.75, 3.05) is 23.8 Å². The maximum absolute atomic E-state index is 9.46. The number of hydrogen-bond donors (Lipinski definition) is 3. The summed E-state index contributed by atoms with van der Waals surface area (Å²) >= 11 is 6.64. The monoisotopic (exact) mass is 435 g/mol. The predicted octanol–water partition coefficient (Wildman–Crippen LogP) is 2.33. The molecule has 3 N–H and O–H groups in total. The van der Waals surface area contributed by atoms with Crippen LogP contribution in [0.2, 0.25) is 5.02 Å². The summed E-state index contributed by atoms with van der Waals surface area (Å²) in [5, 5.41) is 33.5. The number of fused-ring (bicyclic) bond motifs is 1. The third-order valence-corrected chi connectivity index (χ3v) is 5.58. The van der Waals surface area contributed by atoms with Gasteiger partial charge in [0.2, 0.25) is 5.95 Å². The maximum atomic E-state index is 9.46. The molecule has 5 rings (SSSR count). The van der Waals surface area contributed by atoms with Gasteiger partial charge in [-0.25, -0.2) is 4.98 Å². The number of aromatic nitrogens is 4. The summed E-state index contributed by atoms with van der Waals surface area (Å²) in [6.07, 6.45) is 3.58. The van der Waals surface area contributed by atoms with Crippen molar-refractivity contribution in [3.8, 4) is 12.1 Å². The summed E-state index contributed by atoms with van der Waals surface area (Å²) in [6, 6.07) is 8.28. The number of nitriles is 2. The number of rotatable bonds is 7. The Labute approximate surface area is 182 Å². The highest BCUT2D eigenvalue weighted by atomic mass is 35.5. The minimum atomic E-state index is 0.244. The highest BCUT2D eigenvalue weighted by Crippen LogP contribution is 2.31. The number of nitrogens with zero attached hydrogens (tertiary/aromatic N) is 6. The molecule has 1 aliphatic heterocycles. The van der Waals surface area contributed by atoms with Gasteiger partial charge in [-0.2, -0.15) is 20.0 Å². The van der Waals surface area contributed by atoms with E-state index in [1.807, 2.05) is 0 Å². The van der Waals surface area contributed by atoms with E-state index in [9.17, 15) is 10.5 Å². The van der Waals surface area contributed by atoms with E-state index in [1.54, 1.807) is 12.1 Å². The highest BCUT2D eigenvalue weighted by Gasteiger charge is 2.24. The number of benzene rings is 1. The van der Waals surface area contributed by atoms with Crippen LogP contribution < -0.4 is 16.0 Å². The first kappa shape index (κ1) is 19.5. The zero-order chi connectivity index (χ0) is 21.4. The average Bonchev–Trinajstić information content (AvgIpc) is 3.45. The molecule has 0 unspecified atom stereocenters. The Bertz CT molecular complexity index is 1230. The normalized spacial score (nSPS) is 15.8. The van der Waals surface area contributed by atoms with Crippen molar-refractivity contribution in [2.24, 2.45) is 0 Å². The Morgan fingerprint density at radius 2 is 2.03 bits per heavy atom. The van der Waals surface area contributed by atoms with Gasteiger partial charge in [-0.1, -0.05) is 11.6 Å². The first-order valence-corrected chi connectivity index (χ1v) is 10.3. The number of anilines is 3. The van der Waals surface area contributed by atoms with Crippen molar-refractivity contribution in [3.05, 3.63) is 40.2 Å². The van der Waals surface area contributed by atoms with Crippen LogP contribution in [0.1, 0.15) is 29.7 Å². The Balaban J connectivity index is 1.49. The minimum Gasteiger partial charge on any atom is -0.378 e. The first-order valence-electron chi connectivity index (χ1n) is 9.87. The van der Waals surface area contributed by atoms with Gasteiger partial charge in [0.1, 0.15) is 6.07 Å². The molecule has 2 aliphatic rings. The van der Waals surface area contributed by atoms with Crippen molar-refractivity contribution in [2.45, 2.75) is 31.5 Å². The summed E-state index contributed by atoms with van der Waals surface area (Å²) in [6.45, 7) is 1.83. The van der Waals surface area contributed by atoms with Crippen LogP contribution in [0.3, 0.4) is 0 Å². The van der Waals surface area contributed by atoms with Crippen LogP contribution in [-0.4, -0.2) is 44.9 Å². The van der Waals surface area contributed by atoms with E-state index in [-0.39, 0.29) is 12.0 Å². The van der Waals surface area contributed by atoms with Gasteiger partial charge in [-0.05, 0) is 30.5 Å². The summed E-state index contributed by atoms with van der Waals surface area (Å²) in [4.78, 5) is 8.82. The molecule has 1 aromatic carbocycles. The van der Waals surface area contributed by atoms with Crippen LogP contribution in [0.5, 0.6) is 0 Å². The summed E-state index contributed by atoms with van der Waals surface area (Å²) in [7, 11) is 0. The van der Waals surface area contributed by atoms with Gasteiger partial charge in [0.05, 0.1) is 47.8 Å². The predicted molar refractivity (Wildman–Crippen MR) is 113 cm³/mol. The topological polar surface area (TPSA) is 136 Å². The van der Waals surface area contributed by atoms with Crippen molar-refractivity contribution >= 4 is 34.7 Å². The SMILES string of the molecule is N#Cc1cc(CNC2COC2)c(Cl)c(Nc2nc(NC3CC3)c3ncc(C#N)n3n2)c1. The molecule has 156 valence electrons. The maximum Gasteiger partial charge on any atom is 0.247 e. The molecular formula is C20H18ClN9O. The standard InChI is InChI=1S/C20H18ClN9O/c21-17-12(7-24-14-9-31-10-14)3-11(5-22)4-16(17)27-20-28-18(26-13-1-2-13)19-25-8-15(6-23)30(19)29-20/h3-4,8,13-14,24H,1-2,7,9-10H2,(H2,26,27,28,29). The molecule has 0 spiro atoms. The van der Waals surface area contributed by atoms with E-state index in [0.29, 0.717) is 59.2 Å². The molecular weight excluding hydrogens is 418 g/mol.